The molecule has 0 unspecified atom stereocenters. The number of pyridine rings is 1. The summed E-state index contributed by atoms with van der Waals surface area (Å²) in [5.74, 6) is 5.68. The van der Waals surface area contributed by atoms with Crippen LogP contribution in [-0.2, 0) is 0 Å². The second kappa shape index (κ2) is 4.92. The molecule has 13 heavy (non-hydrogen) atoms. The van der Waals surface area contributed by atoms with Crippen LogP contribution in [0.4, 0.5) is 0 Å². The van der Waals surface area contributed by atoms with E-state index < -0.39 is 0 Å². The molecule has 0 aromatic carbocycles. The van der Waals surface area contributed by atoms with Crippen LogP contribution in [-0.4, -0.2) is 11.5 Å². The van der Waals surface area contributed by atoms with Gasteiger partial charge in [0.25, 0.3) is 0 Å². The summed E-state index contributed by atoms with van der Waals surface area (Å²) in [7, 11) is 0. The van der Waals surface area contributed by atoms with Crippen LogP contribution >= 0.6 is 0 Å². The van der Waals surface area contributed by atoms with Crippen molar-refractivity contribution >= 4 is 0 Å². The molecule has 2 N–H and O–H groups in total. The molecule has 3 nitrogen and oxygen atoms in total. The van der Waals surface area contributed by atoms with E-state index in [-0.39, 0.29) is 0 Å². The fourth-order valence-electron chi connectivity index (χ4n) is 0.794. The SMILES string of the molecule is N#Cc1ccnc(C#CCCN)c1. The summed E-state index contributed by atoms with van der Waals surface area (Å²) >= 11 is 0. The predicted molar refractivity (Wildman–Crippen MR) is 49.5 cm³/mol. The van der Waals surface area contributed by atoms with Gasteiger partial charge in [-0.1, -0.05) is 5.92 Å². The normalized spacial score (nSPS) is 8.31. The number of rotatable bonds is 1. The van der Waals surface area contributed by atoms with Gasteiger partial charge in [0.1, 0.15) is 5.69 Å². The summed E-state index contributed by atoms with van der Waals surface area (Å²) in [5.41, 5.74) is 6.47. The standard InChI is InChI=1S/C10H9N3/c11-5-2-1-3-10-7-9(8-12)4-6-13-10/h4,6-7H,2,5,11H2. The Balaban J connectivity index is 2.81. The minimum Gasteiger partial charge on any atom is -0.330 e. The molecule has 0 fully saturated rings. The van der Waals surface area contributed by atoms with Crippen molar-refractivity contribution in [3.63, 3.8) is 0 Å². The number of aromatic nitrogens is 1. The van der Waals surface area contributed by atoms with E-state index in [1.165, 1.54) is 0 Å². The summed E-state index contributed by atoms with van der Waals surface area (Å²) in [4.78, 5) is 3.99. The molecule has 0 saturated heterocycles. The maximum absolute atomic E-state index is 8.59. The average Bonchev–Trinajstić information content (AvgIpc) is 2.19. The summed E-state index contributed by atoms with van der Waals surface area (Å²) in [6, 6.07) is 5.33. The van der Waals surface area contributed by atoms with Gasteiger partial charge in [0, 0.05) is 19.2 Å². The zero-order valence-corrected chi connectivity index (χ0v) is 7.12. The number of hydrogen-bond donors (Lipinski definition) is 1. The van der Waals surface area contributed by atoms with Gasteiger partial charge in [-0.05, 0) is 18.1 Å². The van der Waals surface area contributed by atoms with E-state index in [0.717, 1.165) is 0 Å². The molecule has 0 amide bonds. The number of nitrogens with two attached hydrogens (primary N) is 1. The van der Waals surface area contributed by atoms with Crippen molar-refractivity contribution in [1.82, 2.24) is 4.98 Å². The molecule has 1 aromatic heterocycles. The lowest BCUT2D eigenvalue weighted by molar-refractivity contribution is 1.03. The molecule has 1 rings (SSSR count). The number of nitriles is 1. The van der Waals surface area contributed by atoms with Gasteiger partial charge in [-0.2, -0.15) is 5.26 Å². The first-order valence-corrected chi connectivity index (χ1v) is 3.92. The molecule has 0 atom stereocenters. The van der Waals surface area contributed by atoms with Crippen LogP contribution in [0.5, 0.6) is 0 Å². The summed E-state index contributed by atoms with van der Waals surface area (Å²) in [6.07, 6.45) is 2.23. The minimum absolute atomic E-state index is 0.547. The van der Waals surface area contributed by atoms with E-state index in [2.05, 4.69) is 16.8 Å². The first-order valence-electron chi connectivity index (χ1n) is 3.92. The summed E-state index contributed by atoms with van der Waals surface area (Å²) in [6.45, 7) is 0.547. The van der Waals surface area contributed by atoms with Crippen LogP contribution in [0.3, 0.4) is 0 Å². The largest absolute Gasteiger partial charge is 0.330 e. The lowest BCUT2D eigenvalue weighted by Crippen LogP contribution is -1.95. The van der Waals surface area contributed by atoms with Crippen LogP contribution in [0.1, 0.15) is 17.7 Å². The zero-order chi connectivity index (χ0) is 9.52. The monoisotopic (exact) mass is 171 g/mol. The molecular formula is C10H9N3. The molecule has 3 heteroatoms. The van der Waals surface area contributed by atoms with Crippen LogP contribution < -0.4 is 5.73 Å². The van der Waals surface area contributed by atoms with Gasteiger partial charge in [-0.15, -0.1) is 0 Å². The molecule has 0 radical (unpaired) electrons. The van der Waals surface area contributed by atoms with E-state index in [0.29, 0.717) is 24.2 Å². The van der Waals surface area contributed by atoms with Crippen molar-refractivity contribution in [3.8, 4) is 17.9 Å². The molecule has 64 valence electrons. The van der Waals surface area contributed by atoms with Crippen LogP contribution in [0, 0.1) is 23.2 Å². The fraction of sp³-hybridized carbons (Fsp3) is 0.200. The van der Waals surface area contributed by atoms with E-state index in [1.54, 1.807) is 18.3 Å². The van der Waals surface area contributed by atoms with Crippen LogP contribution in [0.15, 0.2) is 18.3 Å². The van der Waals surface area contributed by atoms with Crippen molar-refractivity contribution < 1.29 is 0 Å². The van der Waals surface area contributed by atoms with E-state index in [4.69, 9.17) is 11.0 Å². The maximum Gasteiger partial charge on any atom is 0.114 e. The molecule has 0 aliphatic heterocycles. The Hall–Kier alpha value is -1.84. The highest BCUT2D eigenvalue weighted by Gasteiger charge is 1.90. The first kappa shape index (κ1) is 9.25. The summed E-state index contributed by atoms with van der Waals surface area (Å²) in [5, 5.41) is 8.59. The lowest BCUT2D eigenvalue weighted by atomic mass is 10.2. The third-order valence-corrected chi connectivity index (χ3v) is 1.37. The Kier molecular flexibility index (Phi) is 3.50. The molecule has 0 bridgehead atoms. The molecule has 1 aromatic rings. The Bertz CT molecular complexity index is 379. The third kappa shape index (κ3) is 2.94. The van der Waals surface area contributed by atoms with Gasteiger partial charge >= 0.3 is 0 Å². The van der Waals surface area contributed by atoms with Crippen molar-refractivity contribution in [1.29, 1.82) is 5.26 Å². The molecule has 0 aliphatic rings. The molecular weight excluding hydrogens is 162 g/mol. The van der Waals surface area contributed by atoms with Gasteiger partial charge in [0.2, 0.25) is 0 Å². The van der Waals surface area contributed by atoms with Crippen molar-refractivity contribution in [2.45, 2.75) is 6.42 Å². The second-order valence-electron chi connectivity index (χ2n) is 2.38. The molecule has 1 heterocycles. The lowest BCUT2D eigenvalue weighted by Gasteiger charge is -1.89. The van der Waals surface area contributed by atoms with E-state index >= 15 is 0 Å². The van der Waals surface area contributed by atoms with Gasteiger partial charge in [0.15, 0.2) is 0 Å². The predicted octanol–water partition coefficient (Wildman–Crippen LogP) is 0.654. The Morgan fingerprint density at radius 1 is 1.54 bits per heavy atom. The smallest absolute Gasteiger partial charge is 0.114 e. The quantitative estimate of drug-likeness (QED) is 0.631. The Morgan fingerprint density at radius 2 is 2.38 bits per heavy atom. The summed E-state index contributed by atoms with van der Waals surface area (Å²) < 4.78 is 0. The van der Waals surface area contributed by atoms with Crippen molar-refractivity contribution in [3.05, 3.63) is 29.6 Å². The van der Waals surface area contributed by atoms with Crippen LogP contribution in [0.25, 0.3) is 0 Å². The number of hydrogen-bond acceptors (Lipinski definition) is 3. The molecule has 0 saturated carbocycles. The average molecular weight is 171 g/mol. The third-order valence-electron chi connectivity index (χ3n) is 1.37. The van der Waals surface area contributed by atoms with Gasteiger partial charge in [-0.3, -0.25) is 0 Å². The van der Waals surface area contributed by atoms with E-state index in [1.807, 2.05) is 6.07 Å². The van der Waals surface area contributed by atoms with Crippen molar-refractivity contribution in [2.24, 2.45) is 5.73 Å². The zero-order valence-electron chi connectivity index (χ0n) is 7.12. The number of nitrogens with zero attached hydrogens (tertiary/aromatic N) is 2. The van der Waals surface area contributed by atoms with Gasteiger partial charge in [-0.25, -0.2) is 4.98 Å². The highest BCUT2D eigenvalue weighted by Crippen LogP contribution is 1.97. The molecule has 0 spiro atoms. The van der Waals surface area contributed by atoms with Crippen molar-refractivity contribution in [2.75, 3.05) is 6.54 Å². The van der Waals surface area contributed by atoms with Gasteiger partial charge < -0.3 is 5.73 Å². The first-order chi connectivity index (χ1) is 6.36. The van der Waals surface area contributed by atoms with E-state index in [9.17, 15) is 0 Å². The Morgan fingerprint density at radius 3 is 3.08 bits per heavy atom. The van der Waals surface area contributed by atoms with Crippen LogP contribution in [0.2, 0.25) is 0 Å². The van der Waals surface area contributed by atoms with Gasteiger partial charge in [0.05, 0.1) is 11.6 Å². The fourth-order valence-corrected chi connectivity index (χ4v) is 0.794. The Labute approximate surface area is 77.2 Å². The highest BCUT2D eigenvalue weighted by molar-refractivity contribution is 5.36. The second-order valence-corrected chi connectivity index (χ2v) is 2.38. The minimum atomic E-state index is 0.547. The molecule has 0 aliphatic carbocycles. The highest BCUT2D eigenvalue weighted by atomic mass is 14.6. The topological polar surface area (TPSA) is 62.7 Å². The maximum atomic E-state index is 8.59.